The van der Waals surface area contributed by atoms with Crippen molar-refractivity contribution in [3.05, 3.63) is 53.6 Å². The van der Waals surface area contributed by atoms with Gasteiger partial charge in [0.05, 0.1) is 6.61 Å². The third kappa shape index (κ3) is 5.19. The van der Waals surface area contributed by atoms with Crippen LogP contribution < -0.4 is 25.3 Å². The molecule has 190 valence electrons. The van der Waals surface area contributed by atoms with E-state index in [2.05, 4.69) is 5.32 Å². The average molecular weight is 497 g/mol. The Morgan fingerprint density at radius 1 is 1.14 bits per heavy atom. The van der Waals surface area contributed by atoms with Gasteiger partial charge in [0.25, 0.3) is 0 Å². The van der Waals surface area contributed by atoms with Gasteiger partial charge in [0.1, 0.15) is 17.1 Å². The number of nitrogens with zero attached hydrogens (tertiary/aromatic N) is 1. The summed E-state index contributed by atoms with van der Waals surface area (Å²) < 4.78 is 16.5. The van der Waals surface area contributed by atoms with Crippen LogP contribution in [0.3, 0.4) is 0 Å². The highest BCUT2D eigenvalue weighted by Crippen LogP contribution is 2.36. The molecule has 11 nitrogen and oxygen atoms in total. The Kier molecular flexibility index (Phi) is 7.28. The minimum atomic E-state index is -1.62. The maximum Gasteiger partial charge on any atom is 0.329 e. The zero-order valence-corrected chi connectivity index (χ0v) is 19.6. The van der Waals surface area contributed by atoms with Crippen molar-refractivity contribution in [3.8, 4) is 17.2 Å². The van der Waals surface area contributed by atoms with E-state index in [1.54, 1.807) is 42.5 Å². The first-order chi connectivity index (χ1) is 17.3. The van der Waals surface area contributed by atoms with Gasteiger partial charge in [-0.1, -0.05) is 6.07 Å². The van der Waals surface area contributed by atoms with Crippen LogP contribution in [0.4, 0.5) is 0 Å². The van der Waals surface area contributed by atoms with Crippen molar-refractivity contribution >= 4 is 23.6 Å². The molecule has 2 aromatic carbocycles. The van der Waals surface area contributed by atoms with Crippen LogP contribution in [0, 0.1) is 5.41 Å². The lowest BCUT2D eigenvalue weighted by Gasteiger charge is -2.42. The van der Waals surface area contributed by atoms with Crippen molar-refractivity contribution in [2.24, 2.45) is 5.73 Å². The van der Waals surface area contributed by atoms with Crippen molar-refractivity contribution in [1.82, 2.24) is 10.2 Å². The molecule has 0 radical (unpaired) electrons. The molecule has 2 aliphatic rings. The van der Waals surface area contributed by atoms with Crippen LogP contribution in [-0.4, -0.2) is 65.7 Å². The first-order valence-electron chi connectivity index (χ1n) is 11.6. The summed E-state index contributed by atoms with van der Waals surface area (Å²) >= 11 is 0. The molecular formula is C25H28N4O7. The predicted octanol–water partition coefficient (Wildman–Crippen LogP) is 1.27. The van der Waals surface area contributed by atoms with Gasteiger partial charge in [0, 0.05) is 25.1 Å². The SMILES string of the molecule is N=C(N)c1ccc(OCCCCC(Cc2ccc3c(c2)OCO3)(C(=O)O)N2CCNC(=O)C2=O)cc1. The highest BCUT2D eigenvalue weighted by Gasteiger charge is 2.49. The summed E-state index contributed by atoms with van der Waals surface area (Å²) in [5.74, 6) is -1.19. The highest BCUT2D eigenvalue weighted by molar-refractivity contribution is 6.36. The Balaban J connectivity index is 1.48. The van der Waals surface area contributed by atoms with Crippen molar-refractivity contribution in [2.45, 2.75) is 31.2 Å². The summed E-state index contributed by atoms with van der Waals surface area (Å²) in [4.78, 5) is 38.8. The lowest BCUT2D eigenvalue weighted by atomic mass is 9.83. The van der Waals surface area contributed by atoms with Crippen LogP contribution in [-0.2, 0) is 20.8 Å². The molecule has 2 amide bonds. The van der Waals surface area contributed by atoms with E-state index in [4.69, 9.17) is 25.4 Å². The average Bonchev–Trinajstić information content (AvgIpc) is 3.33. The Labute approximate surface area is 207 Å². The standard InChI is InChI=1S/C25H28N4O7/c26-21(27)17-4-6-18(7-5-17)34-12-2-1-9-25(24(32)33,29-11-10-28-22(30)23(29)31)14-16-3-8-19-20(13-16)36-15-35-19/h3-8,13H,1-2,9-12,14-15H2,(H3,26,27)(H,28,30)(H,32,33). The molecule has 1 unspecified atom stereocenters. The van der Waals surface area contributed by atoms with Gasteiger partial charge in [-0.3, -0.25) is 15.0 Å². The first kappa shape index (κ1) is 24.8. The molecule has 0 bridgehead atoms. The zero-order valence-electron chi connectivity index (χ0n) is 19.6. The molecular weight excluding hydrogens is 468 g/mol. The largest absolute Gasteiger partial charge is 0.494 e. The van der Waals surface area contributed by atoms with Crippen LogP contribution in [0.1, 0.15) is 30.4 Å². The number of benzene rings is 2. The number of carbonyl (C=O) groups excluding carboxylic acids is 2. The fourth-order valence-electron chi connectivity index (χ4n) is 4.43. The van der Waals surface area contributed by atoms with E-state index in [0.717, 1.165) is 0 Å². The van der Waals surface area contributed by atoms with E-state index >= 15 is 0 Å². The molecule has 1 saturated heterocycles. The molecule has 2 aromatic rings. The molecule has 1 atom stereocenters. The smallest absolute Gasteiger partial charge is 0.329 e. The van der Waals surface area contributed by atoms with Gasteiger partial charge < -0.3 is 35.3 Å². The Hall–Kier alpha value is -4.28. The Morgan fingerprint density at radius 3 is 2.61 bits per heavy atom. The predicted molar refractivity (Wildman–Crippen MR) is 128 cm³/mol. The van der Waals surface area contributed by atoms with Crippen LogP contribution in [0.2, 0.25) is 0 Å². The van der Waals surface area contributed by atoms with E-state index in [1.165, 1.54) is 4.90 Å². The van der Waals surface area contributed by atoms with E-state index in [1.807, 2.05) is 0 Å². The molecule has 11 heteroatoms. The summed E-state index contributed by atoms with van der Waals surface area (Å²) in [6.07, 6.45) is 1.10. The van der Waals surface area contributed by atoms with Gasteiger partial charge in [0.2, 0.25) is 6.79 Å². The molecule has 0 saturated carbocycles. The number of ether oxygens (including phenoxy) is 3. The van der Waals surface area contributed by atoms with Gasteiger partial charge in [-0.15, -0.1) is 0 Å². The van der Waals surface area contributed by atoms with Gasteiger partial charge in [0.15, 0.2) is 11.5 Å². The fourth-order valence-corrected chi connectivity index (χ4v) is 4.43. The van der Waals surface area contributed by atoms with Gasteiger partial charge in [-0.2, -0.15) is 0 Å². The van der Waals surface area contributed by atoms with Crippen molar-refractivity contribution in [2.75, 3.05) is 26.5 Å². The van der Waals surface area contributed by atoms with Gasteiger partial charge in [-0.05, 0) is 61.2 Å². The molecule has 5 N–H and O–H groups in total. The van der Waals surface area contributed by atoms with Crippen molar-refractivity contribution < 1.29 is 33.7 Å². The number of carboxylic acid groups (broad SMARTS) is 1. The number of carboxylic acids is 1. The summed E-state index contributed by atoms with van der Waals surface area (Å²) in [5.41, 5.74) is 5.08. The number of fused-ring (bicyclic) bond motifs is 1. The molecule has 2 heterocycles. The monoisotopic (exact) mass is 496 g/mol. The Morgan fingerprint density at radius 2 is 1.89 bits per heavy atom. The number of carbonyl (C=O) groups is 3. The number of amidine groups is 1. The number of nitrogen functional groups attached to an aromatic ring is 1. The van der Waals surface area contributed by atoms with Crippen molar-refractivity contribution in [3.63, 3.8) is 0 Å². The van der Waals surface area contributed by atoms with Crippen LogP contribution >= 0.6 is 0 Å². The first-order valence-corrected chi connectivity index (χ1v) is 11.6. The summed E-state index contributed by atoms with van der Waals surface area (Å²) in [6, 6.07) is 12.0. The van der Waals surface area contributed by atoms with Crippen LogP contribution in [0.15, 0.2) is 42.5 Å². The topological polar surface area (TPSA) is 164 Å². The van der Waals surface area contributed by atoms with Crippen LogP contribution in [0.5, 0.6) is 17.2 Å². The van der Waals surface area contributed by atoms with E-state index in [0.29, 0.717) is 47.8 Å². The summed E-state index contributed by atoms with van der Waals surface area (Å²) in [7, 11) is 0. The fraction of sp³-hybridized carbons (Fsp3) is 0.360. The summed E-state index contributed by atoms with van der Waals surface area (Å²) in [6.45, 7) is 0.694. The zero-order chi connectivity index (χ0) is 25.7. The van der Waals surface area contributed by atoms with E-state index < -0.39 is 23.3 Å². The third-order valence-electron chi connectivity index (χ3n) is 6.33. The number of aliphatic carboxylic acids is 1. The number of hydrogen-bond acceptors (Lipinski definition) is 7. The molecule has 2 aliphatic heterocycles. The second kappa shape index (κ2) is 10.5. The van der Waals surface area contributed by atoms with Crippen LogP contribution in [0.25, 0.3) is 0 Å². The molecule has 0 spiro atoms. The van der Waals surface area contributed by atoms with E-state index in [9.17, 15) is 19.5 Å². The van der Waals surface area contributed by atoms with Gasteiger partial charge in [-0.25, -0.2) is 4.79 Å². The highest BCUT2D eigenvalue weighted by atomic mass is 16.7. The number of rotatable bonds is 11. The summed E-state index contributed by atoms with van der Waals surface area (Å²) in [5, 5.41) is 20.3. The molecule has 1 fully saturated rings. The number of amides is 2. The quantitative estimate of drug-likeness (QED) is 0.156. The molecule has 4 rings (SSSR count). The number of unbranched alkanes of at least 4 members (excludes halogenated alkanes) is 1. The number of hydrogen-bond donors (Lipinski definition) is 4. The second-order valence-electron chi connectivity index (χ2n) is 8.66. The molecule has 36 heavy (non-hydrogen) atoms. The maximum absolute atomic E-state index is 12.8. The van der Waals surface area contributed by atoms with Gasteiger partial charge >= 0.3 is 17.8 Å². The number of piperazine rings is 1. The number of nitrogens with two attached hydrogens (primary N) is 1. The normalized spacial score (nSPS) is 16.3. The second-order valence-corrected chi connectivity index (χ2v) is 8.66. The number of nitrogens with one attached hydrogen (secondary N) is 2. The molecule has 0 aromatic heterocycles. The minimum absolute atomic E-state index is 0.00532. The third-order valence-corrected chi connectivity index (χ3v) is 6.33. The Bertz CT molecular complexity index is 1170. The maximum atomic E-state index is 12.8. The lowest BCUT2D eigenvalue weighted by molar-refractivity contribution is -0.165. The lowest BCUT2D eigenvalue weighted by Crippen LogP contribution is -2.65. The molecule has 0 aliphatic carbocycles. The minimum Gasteiger partial charge on any atom is -0.494 e. The van der Waals surface area contributed by atoms with Crippen molar-refractivity contribution in [1.29, 1.82) is 5.41 Å². The van der Waals surface area contributed by atoms with E-state index in [-0.39, 0.29) is 38.6 Å².